The fourth-order valence-electron chi connectivity index (χ4n) is 2.03. The van der Waals surface area contributed by atoms with Crippen molar-refractivity contribution in [3.8, 4) is 0 Å². The Kier molecular flexibility index (Phi) is 5.39. The smallest absolute Gasteiger partial charge is 0.416 e. The second-order valence-electron chi connectivity index (χ2n) is 5.43. The summed E-state index contributed by atoms with van der Waals surface area (Å²) in [6.45, 7) is 5.29. The van der Waals surface area contributed by atoms with Gasteiger partial charge in [-0.15, -0.1) is 0 Å². The molecule has 1 rings (SSSR count). The number of aliphatic hydroxyl groups is 1. The summed E-state index contributed by atoms with van der Waals surface area (Å²) in [6.07, 6.45) is -5.62. The highest BCUT2D eigenvalue weighted by molar-refractivity contribution is 5.74. The summed E-state index contributed by atoms with van der Waals surface area (Å²) in [5.74, 6) is -0.725. The molecule has 0 fully saturated rings. The van der Waals surface area contributed by atoms with Crippen molar-refractivity contribution in [1.82, 2.24) is 0 Å². The minimum absolute atomic E-state index is 0.0667. The van der Waals surface area contributed by atoms with Gasteiger partial charge in [0.05, 0.1) is 12.2 Å². The first-order valence-electron chi connectivity index (χ1n) is 6.60. The van der Waals surface area contributed by atoms with E-state index in [1.165, 1.54) is 12.1 Å². The number of hydrogen-bond donors (Lipinski definition) is 1. The fourth-order valence-corrected chi connectivity index (χ4v) is 2.03. The Hall–Kier alpha value is -1.56. The van der Waals surface area contributed by atoms with Crippen LogP contribution in [-0.4, -0.2) is 23.8 Å². The number of benzene rings is 1. The number of alkyl halides is 3. The van der Waals surface area contributed by atoms with Crippen LogP contribution >= 0.6 is 0 Å². The van der Waals surface area contributed by atoms with Crippen molar-refractivity contribution in [2.45, 2.75) is 44.9 Å². The molecule has 0 amide bonds. The average Bonchev–Trinajstić information content (AvgIpc) is 2.37. The van der Waals surface area contributed by atoms with E-state index in [4.69, 9.17) is 4.74 Å². The monoisotopic (exact) mass is 304 g/mol. The zero-order valence-corrected chi connectivity index (χ0v) is 12.2. The summed E-state index contributed by atoms with van der Waals surface area (Å²) in [5, 5.41) is 9.78. The predicted octanol–water partition coefficient (Wildman–Crippen LogP) is 3.30. The number of halogens is 3. The first-order valence-corrected chi connectivity index (χ1v) is 6.60. The fraction of sp³-hybridized carbons (Fsp3) is 0.533. The summed E-state index contributed by atoms with van der Waals surface area (Å²) in [4.78, 5) is 11.4. The molecule has 21 heavy (non-hydrogen) atoms. The Morgan fingerprint density at radius 1 is 1.19 bits per heavy atom. The lowest BCUT2D eigenvalue weighted by atomic mass is 9.79. The van der Waals surface area contributed by atoms with Gasteiger partial charge in [-0.3, -0.25) is 0 Å². The first kappa shape index (κ1) is 17.5. The molecular formula is C15H19F3O3. The van der Waals surface area contributed by atoms with Gasteiger partial charge in [0.1, 0.15) is 0 Å². The summed E-state index contributed by atoms with van der Waals surface area (Å²) < 4.78 is 42.3. The molecular weight excluding hydrogens is 285 g/mol. The third kappa shape index (κ3) is 4.74. The van der Waals surface area contributed by atoms with Gasteiger partial charge in [0, 0.05) is 0 Å². The van der Waals surface area contributed by atoms with Crippen molar-refractivity contribution in [2.24, 2.45) is 0 Å². The van der Waals surface area contributed by atoms with Gasteiger partial charge in [0.25, 0.3) is 0 Å². The number of carbonyl (C=O) groups is 1. The van der Waals surface area contributed by atoms with Crippen LogP contribution in [0, 0.1) is 0 Å². The van der Waals surface area contributed by atoms with Crippen molar-refractivity contribution in [2.75, 3.05) is 6.61 Å². The number of aliphatic hydroxyl groups excluding tert-OH is 1. The van der Waals surface area contributed by atoms with Gasteiger partial charge in [-0.1, -0.05) is 26.0 Å². The van der Waals surface area contributed by atoms with Gasteiger partial charge < -0.3 is 9.84 Å². The van der Waals surface area contributed by atoms with Crippen LogP contribution < -0.4 is 0 Å². The Labute approximate surface area is 121 Å². The van der Waals surface area contributed by atoms with Crippen LogP contribution in [0.25, 0.3) is 0 Å². The molecule has 0 saturated carbocycles. The second kappa shape index (κ2) is 6.47. The minimum atomic E-state index is -4.38. The number of rotatable bonds is 5. The van der Waals surface area contributed by atoms with E-state index in [0.29, 0.717) is 5.56 Å². The van der Waals surface area contributed by atoms with Crippen LogP contribution in [0.5, 0.6) is 0 Å². The molecule has 0 bridgehead atoms. The van der Waals surface area contributed by atoms with Gasteiger partial charge in [-0.05, 0) is 36.5 Å². The molecule has 0 aliphatic heterocycles. The van der Waals surface area contributed by atoms with E-state index in [0.717, 1.165) is 12.1 Å². The zero-order valence-electron chi connectivity index (χ0n) is 12.2. The van der Waals surface area contributed by atoms with Crippen molar-refractivity contribution < 1.29 is 27.8 Å². The Morgan fingerprint density at radius 3 is 2.10 bits per heavy atom. The van der Waals surface area contributed by atoms with Crippen LogP contribution in [0.1, 0.15) is 38.3 Å². The van der Waals surface area contributed by atoms with E-state index in [-0.39, 0.29) is 13.0 Å². The largest absolute Gasteiger partial charge is 0.464 e. The Bertz CT molecular complexity index is 478. The van der Waals surface area contributed by atoms with Crippen LogP contribution in [-0.2, 0) is 21.1 Å². The number of carbonyl (C=O) groups excluding carboxylic acids is 1. The van der Waals surface area contributed by atoms with Gasteiger partial charge >= 0.3 is 12.1 Å². The summed E-state index contributed by atoms with van der Waals surface area (Å²) in [6, 6.07) is 4.71. The number of ether oxygens (including phenoxy) is 1. The molecule has 0 aliphatic rings. The van der Waals surface area contributed by atoms with E-state index in [2.05, 4.69) is 0 Å². The maximum Gasteiger partial charge on any atom is 0.416 e. The molecule has 1 aromatic rings. The highest BCUT2D eigenvalue weighted by Gasteiger charge is 2.32. The second-order valence-corrected chi connectivity index (χ2v) is 5.43. The SMILES string of the molecule is CCOC(=O)C(O)CC(C)(C)c1ccc(C(F)(F)F)cc1. The Morgan fingerprint density at radius 2 is 1.67 bits per heavy atom. The van der Waals surface area contributed by atoms with E-state index >= 15 is 0 Å². The summed E-state index contributed by atoms with van der Waals surface area (Å²) >= 11 is 0. The van der Waals surface area contributed by atoms with Gasteiger partial charge in [-0.25, -0.2) is 4.79 Å². The lowest BCUT2D eigenvalue weighted by Crippen LogP contribution is -2.31. The van der Waals surface area contributed by atoms with Crippen LogP contribution in [0.2, 0.25) is 0 Å². The van der Waals surface area contributed by atoms with E-state index in [1.807, 2.05) is 0 Å². The van der Waals surface area contributed by atoms with Crippen molar-refractivity contribution >= 4 is 5.97 Å². The number of hydrogen-bond acceptors (Lipinski definition) is 3. The molecule has 0 aliphatic carbocycles. The average molecular weight is 304 g/mol. The van der Waals surface area contributed by atoms with E-state index in [1.54, 1.807) is 20.8 Å². The molecule has 0 radical (unpaired) electrons. The third-order valence-corrected chi connectivity index (χ3v) is 3.26. The maximum atomic E-state index is 12.5. The number of esters is 1. The molecule has 6 heteroatoms. The molecule has 0 spiro atoms. The van der Waals surface area contributed by atoms with E-state index in [9.17, 15) is 23.1 Å². The standard InChI is InChI=1S/C15H19F3O3/c1-4-21-13(20)12(19)9-14(2,3)10-5-7-11(8-6-10)15(16,17)18/h5-8,12,19H,4,9H2,1-3H3. The Balaban J connectivity index is 2.85. The molecule has 3 nitrogen and oxygen atoms in total. The minimum Gasteiger partial charge on any atom is -0.464 e. The topological polar surface area (TPSA) is 46.5 Å². The van der Waals surface area contributed by atoms with Crippen molar-refractivity contribution in [3.63, 3.8) is 0 Å². The normalized spacial score (nSPS) is 13.9. The quantitative estimate of drug-likeness (QED) is 0.849. The highest BCUT2D eigenvalue weighted by Crippen LogP contribution is 2.33. The van der Waals surface area contributed by atoms with Gasteiger partial charge in [-0.2, -0.15) is 13.2 Å². The zero-order chi connectivity index (χ0) is 16.3. The molecule has 0 aromatic heterocycles. The highest BCUT2D eigenvalue weighted by atomic mass is 19.4. The molecule has 0 saturated heterocycles. The molecule has 0 heterocycles. The molecule has 1 aromatic carbocycles. The van der Waals surface area contributed by atoms with E-state index < -0.39 is 29.2 Å². The molecule has 118 valence electrons. The molecule has 1 unspecified atom stereocenters. The lowest BCUT2D eigenvalue weighted by Gasteiger charge is -2.27. The summed E-state index contributed by atoms with van der Waals surface area (Å²) in [5.41, 5.74) is -0.775. The molecule has 1 N–H and O–H groups in total. The molecule has 1 atom stereocenters. The lowest BCUT2D eigenvalue weighted by molar-refractivity contribution is -0.154. The predicted molar refractivity (Wildman–Crippen MR) is 71.7 cm³/mol. The van der Waals surface area contributed by atoms with Crippen LogP contribution in [0.3, 0.4) is 0 Å². The van der Waals surface area contributed by atoms with Crippen molar-refractivity contribution in [3.05, 3.63) is 35.4 Å². The maximum absolute atomic E-state index is 12.5. The first-order chi connectivity index (χ1) is 9.58. The van der Waals surface area contributed by atoms with Crippen LogP contribution in [0.15, 0.2) is 24.3 Å². The third-order valence-electron chi connectivity index (χ3n) is 3.26. The van der Waals surface area contributed by atoms with Gasteiger partial charge in [0.2, 0.25) is 0 Å². The summed E-state index contributed by atoms with van der Waals surface area (Å²) in [7, 11) is 0. The van der Waals surface area contributed by atoms with Gasteiger partial charge in [0.15, 0.2) is 6.10 Å². The van der Waals surface area contributed by atoms with Crippen molar-refractivity contribution in [1.29, 1.82) is 0 Å². The van der Waals surface area contributed by atoms with Crippen LogP contribution in [0.4, 0.5) is 13.2 Å².